The van der Waals surface area contributed by atoms with Gasteiger partial charge in [0.1, 0.15) is 0 Å². The second-order valence-electron chi connectivity index (χ2n) is 5.76. The molecule has 4 rings (SSSR count). The van der Waals surface area contributed by atoms with Gasteiger partial charge >= 0.3 is 0 Å². The van der Waals surface area contributed by atoms with E-state index >= 15 is 0 Å². The molecule has 0 aromatic carbocycles. The Hall–Kier alpha value is -1.47. The predicted molar refractivity (Wildman–Crippen MR) is 94.2 cm³/mol. The number of ether oxygens (including phenoxy) is 1. The highest BCUT2D eigenvalue weighted by molar-refractivity contribution is 7.71. The monoisotopic (exact) mass is 348 g/mol. The van der Waals surface area contributed by atoms with E-state index in [4.69, 9.17) is 28.6 Å². The minimum atomic E-state index is 0.434. The molecule has 2 aromatic rings. The van der Waals surface area contributed by atoms with Crippen LogP contribution in [0.3, 0.4) is 0 Å². The second kappa shape index (κ2) is 6.20. The van der Waals surface area contributed by atoms with Crippen LogP contribution in [0.2, 0.25) is 5.02 Å². The lowest BCUT2D eigenvalue weighted by atomic mass is 9.99. The molecule has 3 heterocycles. The van der Waals surface area contributed by atoms with Gasteiger partial charge in [0.25, 0.3) is 0 Å². The molecule has 1 saturated heterocycles. The van der Waals surface area contributed by atoms with Crippen LogP contribution in [-0.2, 0) is 4.74 Å². The molecule has 1 unspecified atom stereocenters. The molecule has 0 amide bonds. The van der Waals surface area contributed by atoms with E-state index in [0.717, 1.165) is 55.2 Å². The zero-order valence-corrected chi connectivity index (χ0v) is 14.1. The fourth-order valence-electron chi connectivity index (χ4n) is 3.11. The van der Waals surface area contributed by atoms with E-state index in [1.807, 2.05) is 6.07 Å². The van der Waals surface area contributed by atoms with Gasteiger partial charge in [-0.1, -0.05) is 29.8 Å². The number of nitrogens with zero attached hydrogens (tertiary/aromatic N) is 2. The van der Waals surface area contributed by atoms with Crippen molar-refractivity contribution in [1.29, 1.82) is 0 Å². The lowest BCUT2D eigenvalue weighted by Gasteiger charge is -2.33. The van der Waals surface area contributed by atoms with Crippen LogP contribution in [0, 0.1) is 4.77 Å². The predicted octanol–water partition coefficient (Wildman–Crippen LogP) is 3.32. The summed E-state index contributed by atoms with van der Waals surface area (Å²) in [5.41, 5.74) is 3.41. The summed E-state index contributed by atoms with van der Waals surface area (Å²) in [5, 5.41) is 0.628. The quantitative estimate of drug-likeness (QED) is 0.817. The summed E-state index contributed by atoms with van der Waals surface area (Å²) < 4.78 is 5.97. The lowest BCUT2D eigenvalue weighted by molar-refractivity contribution is 0.0260. The summed E-state index contributed by atoms with van der Waals surface area (Å²) in [7, 11) is 0. The highest BCUT2D eigenvalue weighted by Gasteiger charge is 2.21. The number of aromatic amines is 2. The fourth-order valence-corrected chi connectivity index (χ4v) is 3.57. The number of aromatic nitrogens is 3. The molecule has 0 spiro atoms. The first-order valence-electron chi connectivity index (χ1n) is 7.70. The number of H-pyrrole nitrogens is 2. The van der Waals surface area contributed by atoms with Crippen LogP contribution in [0.1, 0.15) is 12.1 Å². The topological polar surface area (TPSA) is 56.9 Å². The molecule has 0 saturated carbocycles. The van der Waals surface area contributed by atoms with Crippen LogP contribution in [0.15, 0.2) is 24.3 Å². The molecular formula is C16H17ClN4OS. The summed E-state index contributed by atoms with van der Waals surface area (Å²) in [5.74, 6) is 0. The van der Waals surface area contributed by atoms with Crippen LogP contribution in [-0.4, -0.2) is 52.2 Å². The number of allylic oxidation sites excluding steroid dienone is 2. The number of hydrogen-bond donors (Lipinski definition) is 2. The van der Waals surface area contributed by atoms with E-state index in [1.54, 1.807) is 0 Å². The summed E-state index contributed by atoms with van der Waals surface area (Å²) in [4.78, 5) is 13.1. The van der Waals surface area contributed by atoms with Crippen molar-refractivity contribution in [2.45, 2.75) is 12.5 Å². The Morgan fingerprint density at radius 2 is 2.13 bits per heavy atom. The van der Waals surface area contributed by atoms with Crippen LogP contribution >= 0.6 is 23.8 Å². The van der Waals surface area contributed by atoms with Crippen LogP contribution < -0.4 is 0 Å². The summed E-state index contributed by atoms with van der Waals surface area (Å²) in [6, 6.07) is 2.30. The van der Waals surface area contributed by atoms with Crippen molar-refractivity contribution in [1.82, 2.24) is 19.9 Å². The minimum absolute atomic E-state index is 0.434. The van der Waals surface area contributed by atoms with Gasteiger partial charge in [-0.3, -0.25) is 4.90 Å². The first-order valence-corrected chi connectivity index (χ1v) is 8.48. The highest BCUT2D eigenvalue weighted by Crippen LogP contribution is 2.29. The molecule has 0 radical (unpaired) electrons. The number of fused-ring (bicyclic) bond motifs is 1. The highest BCUT2D eigenvalue weighted by atomic mass is 35.5. The number of morpholine rings is 1. The fraction of sp³-hybridized carbons (Fsp3) is 0.375. The molecular weight excluding hydrogens is 332 g/mol. The van der Waals surface area contributed by atoms with E-state index in [1.165, 1.54) is 0 Å². The molecule has 120 valence electrons. The van der Waals surface area contributed by atoms with Gasteiger partial charge in [-0.2, -0.15) is 0 Å². The van der Waals surface area contributed by atoms with Gasteiger partial charge < -0.3 is 14.7 Å². The third-order valence-corrected chi connectivity index (χ3v) is 4.81. The van der Waals surface area contributed by atoms with E-state index < -0.39 is 0 Å². The van der Waals surface area contributed by atoms with Gasteiger partial charge in [-0.25, -0.2) is 4.98 Å². The second-order valence-corrected chi connectivity index (χ2v) is 6.58. The average molecular weight is 349 g/mol. The normalized spacial score (nSPS) is 22.5. The third-order valence-electron chi connectivity index (χ3n) is 4.32. The van der Waals surface area contributed by atoms with Gasteiger partial charge in [0.15, 0.2) is 10.4 Å². The summed E-state index contributed by atoms with van der Waals surface area (Å²) >= 11 is 11.5. The Bertz CT molecular complexity index is 847. The first-order chi connectivity index (χ1) is 11.2. The molecule has 0 bridgehead atoms. The van der Waals surface area contributed by atoms with Crippen LogP contribution in [0.5, 0.6) is 0 Å². The Balaban J connectivity index is 1.59. The first kappa shape index (κ1) is 15.1. The lowest BCUT2D eigenvalue weighted by Crippen LogP contribution is -2.42. The SMILES string of the molecule is S=c1[nH]c2cc(Cl)c(C3=CCC(N4CCOCC4)C=C3)nc2[nH]1. The number of hydrogen-bond acceptors (Lipinski definition) is 4. The van der Waals surface area contributed by atoms with Gasteiger partial charge in [0, 0.05) is 19.1 Å². The molecule has 1 atom stereocenters. The number of halogens is 1. The van der Waals surface area contributed by atoms with E-state index in [0.29, 0.717) is 15.8 Å². The Labute approximate surface area is 144 Å². The molecule has 1 aliphatic heterocycles. The largest absolute Gasteiger partial charge is 0.379 e. The van der Waals surface area contributed by atoms with Crippen LogP contribution in [0.4, 0.5) is 0 Å². The summed E-state index contributed by atoms with van der Waals surface area (Å²) in [6.07, 6.45) is 7.53. The molecule has 1 fully saturated rings. The van der Waals surface area contributed by atoms with Crippen LogP contribution in [0.25, 0.3) is 16.7 Å². The molecule has 2 aliphatic rings. The summed E-state index contributed by atoms with van der Waals surface area (Å²) in [6.45, 7) is 3.61. The minimum Gasteiger partial charge on any atom is -0.379 e. The number of imidazole rings is 1. The van der Waals surface area contributed by atoms with E-state index in [2.05, 4.69) is 38.1 Å². The number of pyridine rings is 1. The van der Waals surface area contributed by atoms with E-state index in [-0.39, 0.29) is 0 Å². The maximum Gasteiger partial charge on any atom is 0.176 e. The maximum absolute atomic E-state index is 6.40. The van der Waals surface area contributed by atoms with Gasteiger partial charge in [0.2, 0.25) is 0 Å². The van der Waals surface area contributed by atoms with Gasteiger partial charge in [-0.15, -0.1) is 0 Å². The van der Waals surface area contributed by atoms with Gasteiger partial charge in [-0.05, 0) is 30.3 Å². The molecule has 2 aromatic heterocycles. The van der Waals surface area contributed by atoms with Crippen molar-refractivity contribution >= 4 is 40.6 Å². The number of rotatable bonds is 2. The maximum atomic E-state index is 6.40. The molecule has 2 N–H and O–H groups in total. The molecule has 1 aliphatic carbocycles. The van der Waals surface area contributed by atoms with Crippen molar-refractivity contribution in [3.63, 3.8) is 0 Å². The Morgan fingerprint density at radius 1 is 1.30 bits per heavy atom. The molecule has 7 heteroatoms. The van der Waals surface area contributed by atoms with Crippen molar-refractivity contribution in [3.05, 3.63) is 39.8 Å². The number of nitrogens with one attached hydrogen (secondary N) is 2. The zero-order valence-electron chi connectivity index (χ0n) is 12.5. The smallest absolute Gasteiger partial charge is 0.176 e. The van der Waals surface area contributed by atoms with Gasteiger partial charge in [0.05, 0.1) is 29.4 Å². The Kier molecular flexibility index (Phi) is 4.07. The van der Waals surface area contributed by atoms with Crippen molar-refractivity contribution in [2.75, 3.05) is 26.3 Å². The third kappa shape index (κ3) is 2.99. The van der Waals surface area contributed by atoms with Crippen molar-refractivity contribution in [2.24, 2.45) is 0 Å². The average Bonchev–Trinajstić information content (AvgIpc) is 2.94. The molecule has 23 heavy (non-hydrogen) atoms. The zero-order chi connectivity index (χ0) is 15.8. The van der Waals surface area contributed by atoms with E-state index in [9.17, 15) is 0 Å². The Morgan fingerprint density at radius 3 is 2.87 bits per heavy atom. The van der Waals surface area contributed by atoms with Crippen molar-refractivity contribution in [3.8, 4) is 0 Å². The standard InChI is InChI=1S/C16H17ClN4OS/c17-12-9-13-15(20-16(23)18-13)19-14(12)10-1-3-11(4-2-10)21-5-7-22-8-6-21/h1-3,9,11H,4-8H2,(H2,18,19,20,23). The van der Waals surface area contributed by atoms with Crippen molar-refractivity contribution < 1.29 is 4.74 Å². The molecule has 5 nitrogen and oxygen atoms in total.